The van der Waals surface area contributed by atoms with E-state index in [1.165, 1.54) is 0 Å². The van der Waals surface area contributed by atoms with E-state index in [1.54, 1.807) is 24.3 Å². The maximum atomic E-state index is 12.7. The van der Waals surface area contributed by atoms with Crippen molar-refractivity contribution in [2.75, 3.05) is 19.8 Å². The predicted molar refractivity (Wildman–Crippen MR) is 108 cm³/mol. The topological polar surface area (TPSA) is 54.0 Å². The molecule has 0 aromatic heterocycles. The Balaban J connectivity index is 1.95. The first-order valence-electron chi connectivity index (χ1n) is 9.27. The van der Waals surface area contributed by atoms with Crippen LogP contribution in [0.4, 0.5) is 0 Å². The molecular formula is C23H24O5. The summed E-state index contributed by atoms with van der Waals surface area (Å²) in [6.07, 6.45) is 1.68. The van der Waals surface area contributed by atoms with Crippen LogP contribution in [0.5, 0.6) is 23.0 Å². The van der Waals surface area contributed by atoms with Gasteiger partial charge in [-0.25, -0.2) is 0 Å². The Morgan fingerprint density at radius 2 is 1.89 bits per heavy atom. The Morgan fingerprint density at radius 3 is 2.61 bits per heavy atom. The van der Waals surface area contributed by atoms with Crippen molar-refractivity contribution in [1.82, 2.24) is 0 Å². The second kappa shape index (κ2) is 8.65. The highest BCUT2D eigenvalue weighted by atomic mass is 16.5. The van der Waals surface area contributed by atoms with Gasteiger partial charge in [-0.05, 0) is 50.6 Å². The van der Waals surface area contributed by atoms with Crippen LogP contribution in [-0.2, 0) is 0 Å². The van der Waals surface area contributed by atoms with E-state index in [-0.39, 0.29) is 11.5 Å². The van der Waals surface area contributed by atoms with Gasteiger partial charge in [0.2, 0.25) is 5.78 Å². The first kappa shape index (κ1) is 19.5. The Bertz CT molecular complexity index is 927. The molecule has 0 N–H and O–H groups in total. The molecule has 0 fully saturated rings. The van der Waals surface area contributed by atoms with Gasteiger partial charge in [0, 0.05) is 11.6 Å². The van der Waals surface area contributed by atoms with Crippen molar-refractivity contribution in [2.24, 2.45) is 0 Å². The summed E-state index contributed by atoms with van der Waals surface area (Å²) in [6.45, 7) is 11.0. The van der Waals surface area contributed by atoms with Gasteiger partial charge in [-0.3, -0.25) is 4.79 Å². The van der Waals surface area contributed by atoms with Crippen molar-refractivity contribution in [3.05, 3.63) is 65.4 Å². The molecule has 3 rings (SSSR count). The number of carbonyl (C=O) groups excluding carboxylic acids is 1. The minimum Gasteiger partial charge on any atom is -0.494 e. The number of allylic oxidation sites excluding steroid dienone is 1. The van der Waals surface area contributed by atoms with Gasteiger partial charge in [0.1, 0.15) is 18.1 Å². The summed E-state index contributed by atoms with van der Waals surface area (Å²) in [5.74, 6) is 2.39. The summed E-state index contributed by atoms with van der Waals surface area (Å²) in [6, 6.07) is 10.8. The molecule has 0 unspecified atom stereocenters. The lowest BCUT2D eigenvalue weighted by molar-refractivity contribution is 0.101. The number of fused-ring (bicyclic) bond motifs is 1. The molecule has 2 aromatic carbocycles. The average Bonchev–Trinajstić information content (AvgIpc) is 2.97. The zero-order valence-electron chi connectivity index (χ0n) is 16.4. The maximum Gasteiger partial charge on any atom is 0.231 e. The Kier molecular flexibility index (Phi) is 6.04. The Labute approximate surface area is 165 Å². The zero-order valence-corrected chi connectivity index (χ0v) is 16.4. The van der Waals surface area contributed by atoms with E-state index >= 15 is 0 Å². The van der Waals surface area contributed by atoms with Crippen molar-refractivity contribution in [1.29, 1.82) is 0 Å². The van der Waals surface area contributed by atoms with E-state index in [4.69, 9.17) is 18.9 Å². The zero-order chi connectivity index (χ0) is 20.1. The number of hydrogen-bond acceptors (Lipinski definition) is 5. The largest absolute Gasteiger partial charge is 0.494 e. The van der Waals surface area contributed by atoms with Crippen LogP contribution in [0.1, 0.15) is 36.7 Å². The molecular weight excluding hydrogens is 356 g/mol. The predicted octanol–water partition coefficient (Wildman–Crippen LogP) is 5.06. The summed E-state index contributed by atoms with van der Waals surface area (Å²) in [5, 5.41) is 0. The molecule has 0 bridgehead atoms. The second-order valence-corrected chi connectivity index (χ2v) is 6.38. The van der Waals surface area contributed by atoms with Gasteiger partial charge in [-0.2, -0.15) is 0 Å². The fraction of sp³-hybridized carbons (Fsp3) is 0.261. The highest BCUT2D eigenvalue weighted by Gasteiger charge is 2.28. The molecule has 1 aliphatic heterocycles. The molecule has 0 radical (unpaired) electrons. The van der Waals surface area contributed by atoms with E-state index in [1.807, 2.05) is 39.0 Å². The number of ether oxygens (including phenoxy) is 4. The SMILES string of the molecule is C=C(C)COc1c(/C=C2\Oc3cc(OCC)ccc3C2=O)cccc1OCC. The van der Waals surface area contributed by atoms with Crippen molar-refractivity contribution in [3.8, 4) is 23.0 Å². The highest BCUT2D eigenvalue weighted by molar-refractivity contribution is 6.14. The van der Waals surface area contributed by atoms with Gasteiger partial charge in [0.25, 0.3) is 0 Å². The van der Waals surface area contributed by atoms with Crippen LogP contribution in [0.25, 0.3) is 6.08 Å². The van der Waals surface area contributed by atoms with Crippen LogP contribution in [0.2, 0.25) is 0 Å². The molecule has 2 aromatic rings. The van der Waals surface area contributed by atoms with Crippen LogP contribution in [0.3, 0.4) is 0 Å². The van der Waals surface area contributed by atoms with Crippen LogP contribution < -0.4 is 18.9 Å². The van der Waals surface area contributed by atoms with E-state index in [0.29, 0.717) is 53.9 Å². The van der Waals surface area contributed by atoms with Crippen LogP contribution in [0, 0.1) is 0 Å². The first-order chi connectivity index (χ1) is 13.5. The molecule has 1 aliphatic rings. The third-order valence-electron chi connectivity index (χ3n) is 4.01. The summed E-state index contributed by atoms with van der Waals surface area (Å²) < 4.78 is 22.9. The maximum absolute atomic E-state index is 12.7. The molecule has 146 valence electrons. The average molecular weight is 380 g/mol. The number of rotatable bonds is 8. The van der Waals surface area contributed by atoms with Crippen LogP contribution >= 0.6 is 0 Å². The molecule has 0 spiro atoms. The monoisotopic (exact) mass is 380 g/mol. The lowest BCUT2D eigenvalue weighted by Gasteiger charge is -2.14. The van der Waals surface area contributed by atoms with E-state index in [9.17, 15) is 4.79 Å². The number of benzene rings is 2. The first-order valence-corrected chi connectivity index (χ1v) is 9.27. The number of Topliss-reactive ketones (excluding diaryl/α,β-unsaturated/α-hetero) is 1. The molecule has 1 heterocycles. The van der Waals surface area contributed by atoms with Gasteiger partial charge < -0.3 is 18.9 Å². The molecule has 5 heteroatoms. The van der Waals surface area contributed by atoms with Crippen molar-refractivity contribution in [2.45, 2.75) is 20.8 Å². The third kappa shape index (κ3) is 4.19. The second-order valence-electron chi connectivity index (χ2n) is 6.38. The fourth-order valence-corrected chi connectivity index (χ4v) is 2.83. The molecule has 0 amide bonds. The van der Waals surface area contributed by atoms with Crippen LogP contribution in [-0.4, -0.2) is 25.6 Å². The van der Waals surface area contributed by atoms with Crippen molar-refractivity contribution < 1.29 is 23.7 Å². The summed E-state index contributed by atoms with van der Waals surface area (Å²) in [5.41, 5.74) is 2.10. The lowest BCUT2D eigenvalue weighted by Crippen LogP contribution is -2.04. The minimum atomic E-state index is -0.175. The quantitative estimate of drug-likeness (QED) is 0.473. The summed E-state index contributed by atoms with van der Waals surface area (Å²) >= 11 is 0. The van der Waals surface area contributed by atoms with E-state index in [2.05, 4.69) is 6.58 Å². The lowest BCUT2D eigenvalue weighted by atomic mass is 10.1. The van der Waals surface area contributed by atoms with Crippen LogP contribution in [0.15, 0.2) is 54.3 Å². The number of carbonyl (C=O) groups is 1. The minimum absolute atomic E-state index is 0.175. The molecule has 0 saturated heterocycles. The molecule has 0 saturated carbocycles. The van der Waals surface area contributed by atoms with E-state index < -0.39 is 0 Å². The number of hydrogen-bond donors (Lipinski definition) is 0. The Hall–Kier alpha value is -3.21. The Morgan fingerprint density at radius 1 is 1.11 bits per heavy atom. The van der Waals surface area contributed by atoms with Crippen molar-refractivity contribution >= 4 is 11.9 Å². The molecule has 5 nitrogen and oxygen atoms in total. The standard InChI is InChI=1S/C23H24O5/c1-5-25-17-10-11-18-20(13-17)28-21(22(18)24)12-16-8-7-9-19(26-6-2)23(16)27-14-15(3)4/h7-13H,3,5-6,14H2,1-2,4H3/b21-12-. The van der Waals surface area contributed by atoms with Gasteiger partial charge >= 0.3 is 0 Å². The fourth-order valence-electron chi connectivity index (χ4n) is 2.83. The van der Waals surface area contributed by atoms with Crippen molar-refractivity contribution in [3.63, 3.8) is 0 Å². The highest BCUT2D eigenvalue weighted by Crippen LogP contribution is 2.38. The molecule has 28 heavy (non-hydrogen) atoms. The van der Waals surface area contributed by atoms with Gasteiger partial charge in [0.15, 0.2) is 17.3 Å². The van der Waals surface area contributed by atoms with Gasteiger partial charge in [-0.1, -0.05) is 18.7 Å². The summed E-state index contributed by atoms with van der Waals surface area (Å²) in [4.78, 5) is 12.7. The molecule has 0 atom stereocenters. The van der Waals surface area contributed by atoms with Gasteiger partial charge in [-0.15, -0.1) is 0 Å². The van der Waals surface area contributed by atoms with Gasteiger partial charge in [0.05, 0.1) is 18.8 Å². The smallest absolute Gasteiger partial charge is 0.231 e. The number of para-hydroxylation sites is 1. The molecule has 0 aliphatic carbocycles. The normalized spacial score (nSPS) is 13.8. The summed E-state index contributed by atoms with van der Waals surface area (Å²) in [7, 11) is 0. The number of ketones is 1. The van der Waals surface area contributed by atoms with E-state index in [0.717, 1.165) is 5.57 Å². The third-order valence-corrected chi connectivity index (χ3v) is 4.01.